The van der Waals surface area contributed by atoms with Crippen LogP contribution in [0.1, 0.15) is 17.9 Å². The maximum Gasteiger partial charge on any atom is 0.234 e. The number of amides is 2. The summed E-state index contributed by atoms with van der Waals surface area (Å²) in [4.78, 5) is 22.2. The van der Waals surface area contributed by atoms with E-state index < -0.39 is 5.92 Å². The Hall–Kier alpha value is -1.84. The number of hydrogen-bond acceptors (Lipinski definition) is 3. The monoisotopic (exact) mass is 191 g/mol. The van der Waals surface area contributed by atoms with Crippen LogP contribution in [-0.2, 0) is 9.59 Å². The predicted octanol–water partition coefficient (Wildman–Crippen LogP) is 0.522. The van der Waals surface area contributed by atoms with Gasteiger partial charge in [0, 0.05) is 6.42 Å². The van der Waals surface area contributed by atoms with Crippen molar-refractivity contribution in [3.63, 3.8) is 0 Å². The van der Waals surface area contributed by atoms with Crippen LogP contribution in [0.25, 0.3) is 0 Å². The highest BCUT2D eigenvalue weighted by atomic mass is 16.3. The molecule has 2 amide bonds. The zero-order valence-electron chi connectivity index (χ0n) is 7.36. The van der Waals surface area contributed by atoms with E-state index in [0.717, 1.165) is 5.56 Å². The quantitative estimate of drug-likeness (QED) is 0.636. The normalized spacial score (nSPS) is 21.0. The lowest BCUT2D eigenvalue weighted by Gasteiger charge is -2.05. The molecule has 1 saturated heterocycles. The standard InChI is InChI=1S/C10H9NO3/c12-7-3-1-6(2-4-7)8-5-9(13)11-10(8)14/h1-4,8,12H,5H2,(H,11,13,14). The summed E-state index contributed by atoms with van der Waals surface area (Å²) in [5.74, 6) is -0.754. The van der Waals surface area contributed by atoms with Crippen LogP contribution in [0.2, 0.25) is 0 Å². The van der Waals surface area contributed by atoms with E-state index in [1.165, 1.54) is 12.1 Å². The maximum atomic E-state index is 11.3. The summed E-state index contributed by atoms with van der Waals surface area (Å²) in [5.41, 5.74) is 0.756. The molecule has 0 aromatic heterocycles. The number of phenols is 1. The number of hydrogen-bond donors (Lipinski definition) is 2. The van der Waals surface area contributed by atoms with E-state index in [2.05, 4.69) is 5.32 Å². The smallest absolute Gasteiger partial charge is 0.234 e. The minimum atomic E-state index is -0.400. The molecule has 4 nitrogen and oxygen atoms in total. The van der Waals surface area contributed by atoms with Crippen molar-refractivity contribution in [3.05, 3.63) is 29.8 Å². The Morgan fingerprint density at radius 2 is 1.86 bits per heavy atom. The Bertz CT molecular complexity index is 383. The molecule has 1 aliphatic heterocycles. The highest BCUT2D eigenvalue weighted by molar-refractivity contribution is 6.06. The van der Waals surface area contributed by atoms with Crippen molar-refractivity contribution in [2.45, 2.75) is 12.3 Å². The molecule has 1 aromatic rings. The van der Waals surface area contributed by atoms with Crippen molar-refractivity contribution >= 4 is 11.8 Å². The number of carbonyl (C=O) groups is 2. The fraction of sp³-hybridized carbons (Fsp3) is 0.200. The van der Waals surface area contributed by atoms with Gasteiger partial charge in [-0.05, 0) is 17.7 Å². The molecule has 0 radical (unpaired) electrons. The number of imide groups is 1. The molecular weight excluding hydrogens is 182 g/mol. The fourth-order valence-corrected chi connectivity index (χ4v) is 1.53. The van der Waals surface area contributed by atoms with Gasteiger partial charge in [0.1, 0.15) is 5.75 Å². The van der Waals surface area contributed by atoms with E-state index >= 15 is 0 Å². The van der Waals surface area contributed by atoms with E-state index in [9.17, 15) is 9.59 Å². The number of rotatable bonds is 1. The second-order valence-corrected chi connectivity index (χ2v) is 3.26. The van der Waals surface area contributed by atoms with Crippen molar-refractivity contribution in [2.75, 3.05) is 0 Å². The van der Waals surface area contributed by atoms with Crippen LogP contribution in [0.15, 0.2) is 24.3 Å². The third-order valence-corrected chi connectivity index (χ3v) is 2.26. The highest BCUT2D eigenvalue weighted by Gasteiger charge is 2.31. The minimum absolute atomic E-state index is 0.151. The molecule has 1 aliphatic rings. The van der Waals surface area contributed by atoms with E-state index in [0.29, 0.717) is 0 Å². The molecule has 1 aromatic carbocycles. The van der Waals surface area contributed by atoms with E-state index in [-0.39, 0.29) is 24.0 Å². The molecule has 1 heterocycles. The molecule has 4 heteroatoms. The summed E-state index contributed by atoms with van der Waals surface area (Å²) in [6.07, 6.45) is 0.198. The molecule has 2 rings (SSSR count). The average Bonchev–Trinajstić information content (AvgIpc) is 2.47. The van der Waals surface area contributed by atoms with Gasteiger partial charge in [-0.15, -0.1) is 0 Å². The lowest BCUT2D eigenvalue weighted by molar-refractivity contribution is -0.125. The van der Waals surface area contributed by atoms with Gasteiger partial charge in [0.15, 0.2) is 0 Å². The van der Waals surface area contributed by atoms with Crippen molar-refractivity contribution < 1.29 is 14.7 Å². The molecule has 0 bridgehead atoms. The van der Waals surface area contributed by atoms with Crippen LogP contribution < -0.4 is 5.32 Å². The maximum absolute atomic E-state index is 11.3. The van der Waals surface area contributed by atoms with Gasteiger partial charge in [-0.1, -0.05) is 12.1 Å². The summed E-state index contributed by atoms with van der Waals surface area (Å²) in [6.45, 7) is 0. The van der Waals surface area contributed by atoms with Gasteiger partial charge < -0.3 is 5.11 Å². The first-order chi connectivity index (χ1) is 6.66. The molecular formula is C10H9NO3. The molecule has 72 valence electrons. The predicted molar refractivity (Wildman–Crippen MR) is 48.6 cm³/mol. The van der Waals surface area contributed by atoms with Crippen LogP contribution in [0, 0.1) is 0 Å². The van der Waals surface area contributed by atoms with E-state index in [1.807, 2.05) is 0 Å². The topological polar surface area (TPSA) is 66.4 Å². The number of phenolic OH excluding ortho intramolecular Hbond substituents is 1. The van der Waals surface area contributed by atoms with Crippen LogP contribution in [0.4, 0.5) is 0 Å². The number of benzene rings is 1. The first-order valence-corrected chi connectivity index (χ1v) is 4.29. The summed E-state index contributed by atoms with van der Waals surface area (Å²) in [7, 11) is 0. The summed E-state index contributed by atoms with van der Waals surface area (Å²) in [5, 5.41) is 11.3. The third kappa shape index (κ3) is 1.46. The Kier molecular flexibility index (Phi) is 1.96. The third-order valence-electron chi connectivity index (χ3n) is 2.26. The van der Waals surface area contributed by atoms with Gasteiger partial charge in [0.25, 0.3) is 0 Å². The van der Waals surface area contributed by atoms with Crippen LogP contribution >= 0.6 is 0 Å². The van der Waals surface area contributed by atoms with Crippen molar-refractivity contribution in [2.24, 2.45) is 0 Å². The summed E-state index contributed by atoms with van der Waals surface area (Å²) >= 11 is 0. The van der Waals surface area contributed by atoms with E-state index in [4.69, 9.17) is 5.11 Å². The SMILES string of the molecule is O=C1CC(c2ccc(O)cc2)C(=O)N1. The number of nitrogens with one attached hydrogen (secondary N) is 1. The van der Waals surface area contributed by atoms with Gasteiger partial charge in [-0.3, -0.25) is 14.9 Å². The molecule has 1 unspecified atom stereocenters. The lowest BCUT2D eigenvalue weighted by Crippen LogP contribution is -2.21. The number of carbonyl (C=O) groups excluding carboxylic acids is 2. The van der Waals surface area contributed by atoms with Gasteiger partial charge >= 0.3 is 0 Å². The Morgan fingerprint density at radius 1 is 1.21 bits per heavy atom. The van der Waals surface area contributed by atoms with Crippen molar-refractivity contribution in [1.82, 2.24) is 5.32 Å². The minimum Gasteiger partial charge on any atom is -0.508 e. The molecule has 14 heavy (non-hydrogen) atoms. The van der Waals surface area contributed by atoms with Crippen LogP contribution in [0.3, 0.4) is 0 Å². The molecule has 0 aliphatic carbocycles. The largest absolute Gasteiger partial charge is 0.508 e. The van der Waals surface area contributed by atoms with Gasteiger partial charge in [0.05, 0.1) is 5.92 Å². The lowest BCUT2D eigenvalue weighted by atomic mass is 9.98. The Labute approximate surface area is 80.6 Å². The molecule has 0 saturated carbocycles. The van der Waals surface area contributed by atoms with Crippen LogP contribution in [0.5, 0.6) is 5.75 Å². The Balaban J connectivity index is 2.27. The van der Waals surface area contributed by atoms with Crippen molar-refractivity contribution in [3.8, 4) is 5.75 Å². The van der Waals surface area contributed by atoms with Gasteiger partial charge in [-0.25, -0.2) is 0 Å². The Morgan fingerprint density at radius 3 is 2.36 bits per heavy atom. The summed E-state index contributed by atoms with van der Waals surface area (Å²) in [6, 6.07) is 6.31. The second kappa shape index (κ2) is 3.14. The molecule has 1 atom stereocenters. The first-order valence-electron chi connectivity index (χ1n) is 4.29. The van der Waals surface area contributed by atoms with Crippen LogP contribution in [-0.4, -0.2) is 16.9 Å². The summed E-state index contributed by atoms with van der Waals surface area (Å²) < 4.78 is 0. The highest BCUT2D eigenvalue weighted by Crippen LogP contribution is 2.25. The number of aromatic hydroxyl groups is 1. The van der Waals surface area contributed by atoms with E-state index in [1.54, 1.807) is 12.1 Å². The average molecular weight is 191 g/mol. The molecule has 1 fully saturated rings. The first kappa shape index (κ1) is 8.74. The van der Waals surface area contributed by atoms with Gasteiger partial charge in [-0.2, -0.15) is 0 Å². The second-order valence-electron chi connectivity index (χ2n) is 3.26. The molecule has 0 spiro atoms. The van der Waals surface area contributed by atoms with Gasteiger partial charge in [0.2, 0.25) is 11.8 Å². The van der Waals surface area contributed by atoms with Crippen molar-refractivity contribution in [1.29, 1.82) is 0 Å². The zero-order chi connectivity index (χ0) is 10.1. The fourth-order valence-electron chi connectivity index (χ4n) is 1.53. The molecule has 2 N–H and O–H groups in total. The zero-order valence-corrected chi connectivity index (χ0v) is 7.36.